The maximum absolute atomic E-state index is 10.8. The van der Waals surface area contributed by atoms with Gasteiger partial charge in [0.1, 0.15) is 0 Å². The molecule has 3 N–H and O–H groups in total. The Balaban J connectivity index is 4.46. The molecule has 0 fully saturated rings. The number of carbonyl (C=O) groups is 1. The highest BCUT2D eigenvalue weighted by Gasteiger charge is 2.26. The summed E-state index contributed by atoms with van der Waals surface area (Å²) in [6.07, 6.45) is -1.06. The van der Waals surface area contributed by atoms with Crippen LogP contribution >= 0.6 is 12.2 Å². The molecule has 0 radical (unpaired) electrons. The molecule has 76 valence electrons. The fourth-order valence-corrected chi connectivity index (χ4v) is 0.751. The van der Waals surface area contributed by atoms with Crippen LogP contribution in [-0.4, -0.2) is 33.9 Å². The normalized spacial score (nSPS) is 10.5. The van der Waals surface area contributed by atoms with E-state index in [-0.39, 0.29) is 5.11 Å². The van der Waals surface area contributed by atoms with Crippen molar-refractivity contribution in [1.82, 2.24) is 15.8 Å². The molecule has 0 saturated heterocycles. The van der Waals surface area contributed by atoms with Crippen molar-refractivity contribution in [1.29, 1.82) is 0 Å². The third-order valence-electron chi connectivity index (χ3n) is 1.30. The van der Waals surface area contributed by atoms with Crippen LogP contribution in [-0.2, 0) is 0 Å². The summed E-state index contributed by atoms with van der Waals surface area (Å²) in [6.45, 7) is 5.31. The van der Waals surface area contributed by atoms with Crippen molar-refractivity contribution in [2.24, 2.45) is 0 Å². The number of amides is 1. The summed E-state index contributed by atoms with van der Waals surface area (Å²) in [5.41, 5.74) is 2.03. The van der Waals surface area contributed by atoms with Gasteiger partial charge in [0.15, 0.2) is 5.11 Å². The van der Waals surface area contributed by atoms with E-state index in [2.05, 4.69) is 10.7 Å². The largest absolute Gasteiger partial charge is 0.464 e. The summed E-state index contributed by atoms with van der Waals surface area (Å²) in [6, 6.07) is 0. The molecule has 0 aromatic carbocycles. The lowest BCUT2D eigenvalue weighted by atomic mass is 10.1. The molecular weight excluding hydrogens is 190 g/mol. The molecule has 0 rings (SSSR count). The van der Waals surface area contributed by atoms with E-state index >= 15 is 0 Å². The van der Waals surface area contributed by atoms with Crippen molar-refractivity contribution in [2.75, 3.05) is 7.05 Å². The van der Waals surface area contributed by atoms with Gasteiger partial charge in [-0.3, -0.25) is 5.43 Å². The molecular formula is C7H15N3O2S. The second-order valence-electron chi connectivity index (χ2n) is 3.48. The lowest BCUT2D eigenvalue weighted by molar-refractivity contribution is 0.0827. The molecule has 0 aliphatic rings. The Hall–Kier alpha value is -1.04. The van der Waals surface area contributed by atoms with Crippen LogP contribution in [0.3, 0.4) is 0 Å². The quantitative estimate of drug-likeness (QED) is 0.403. The highest BCUT2D eigenvalue weighted by Crippen LogP contribution is 2.09. The third-order valence-corrected chi connectivity index (χ3v) is 1.60. The Bertz CT molecular complexity index is 212. The molecule has 0 heterocycles. The van der Waals surface area contributed by atoms with Gasteiger partial charge in [0, 0.05) is 7.05 Å². The van der Waals surface area contributed by atoms with Gasteiger partial charge in [-0.15, -0.1) is 0 Å². The number of rotatable bonds is 0. The van der Waals surface area contributed by atoms with Crippen molar-refractivity contribution in [3.05, 3.63) is 0 Å². The summed E-state index contributed by atoms with van der Waals surface area (Å²) >= 11 is 4.79. The van der Waals surface area contributed by atoms with Crippen molar-refractivity contribution in [3.63, 3.8) is 0 Å². The van der Waals surface area contributed by atoms with E-state index < -0.39 is 11.6 Å². The molecule has 0 aliphatic carbocycles. The first-order valence-corrected chi connectivity index (χ1v) is 4.21. The predicted molar refractivity (Wildman–Crippen MR) is 54.4 cm³/mol. The fourth-order valence-electron chi connectivity index (χ4n) is 0.660. The van der Waals surface area contributed by atoms with Crippen molar-refractivity contribution >= 4 is 23.4 Å². The Kier molecular flexibility index (Phi) is 3.93. The van der Waals surface area contributed by atoms with Gasteiger partial charge in [0.2, 0.25) is 0 Å². The average molecular weight is 205 g/mol. The Labute approximate surface area is 83.1 Å². The van der Waals surface area contributed by atoms with Gasteiger partial charge in [0.25, 0.3) is 0 Å². The number of hydrogen-bond donors (Lipinski definition) is 3. The van der Waals surface area contributed by atoms with Gasteiger partial charge in [-0.25, -0.2) is 9.80 Å². The van der Waals surface area contributed by atoms with Gasteiger partial charge in [-0.05, 0) is 33.0 Å². The first kappa shape index (κ1) is 12.0. The van der Waals surface area contributed by atoms with Crippen LogP contribution in [0.1, 0.15) is 20.8 Å². The SMILES string of the molecule is CNC(=S)NN(C(=O)O)C(C)(C)C. The van der Waals surface area contributed by atoms with Crippen LogP contribution in [0.5, 0.6) is 0 Å². The van der Waals surface area contributed by atoms with E-state index in [1.807, 2.05) is 0 Å². The zero-order chi connectivity index (χ0) is 10.6. The number of hydrazine groups is 1. The maximum atomic E-state index is 10.8. The molecule has 1 amide bonds. The molecule has 0 aromatic rings. The van der Waals surface area contributed by atoms with Gasteiger partial charge in [0.05, 0.1) is 5.54 Å². The Morgan fingerprint density at radius 3 is 2.15 bits per heavy atom. The Morgan fingerprint density at radius 2 is 1.92 bits per heavy atom. The number of hydrogen-bond acceptors (Lipinski definition) is 2. The summed E-state index contributed by atoms with van der Waals surface area (Å²) < 4.78 is 0. The summed E-state index contributed by atoms with van der Waals surface area (Å²) in [5.74, 6) is 0. The molecule has 0 atom stereocenters. The molecule has 0 aromatic heterocycles. The van der Waals surface area contributed by atoms with Crippen LogP contribution in [0.4, 0.5) is 4.79 Å². The first-order valence-electron chi connectivity index (χ1n) is 3.80. The van der Waals surface area contributed by atoms with Gasteiger partial charge in [-0.2, -0.15) is 0 Å². The fraction of sp³-hybridized carbons (Fsp3) is 0.714. The number of carboxylic acid groups (broad SMARTS) is 1. The molecule has 0 bridgehead atoms. The average Bonchev–Trinajstić information content (AvgIpc) is 1.96. The lowest BCUT2D eigenvalue weighted by Crippen LogP contribution is -2.57. The third kappa shape index (κ3) is 3.93. The molecule has 0 spiro atoms. The van der Waals surface area contributed by atoms with Crippen molar-refractivity contribution in [2.45, 2.75) is 26.3 Å². The van der Waals surface area contributed by atoms with E-state index in [1.165, 1.54) is 0 Å². The smallest absolute Gasteiger partial charge is 0.426 e. The second-order valence-corrected chi connectivity index (χ2v) is 3.89. The lowest BCUT2D eigenvalue weighted by Gasteiger charge is -2.33. The summed E-state index contributed by atoms with van der Waals surface area (Å²) in [5, 5.41) is 12.8. The predicted octanol–water partition coefficient (Wildman–Crippen LogP) is 0.774. The van der Waals surface area contributed by atoms with E-state index in [0.29, 0.717) is 0 Å². The molecule has 5 nitrogen and oxygen atoms in total. The second kappa shape index (κ2) is 4.27. The molecule has 0 unspecified atom stereocenters. The van der Waals surface area contributed by atoms with Crippen LogP contribution in [0.25, 0.3) is 0 Å². The zero-order valence-corrected chi connectivity index (χ0v) is 9.03. The summed E-state index contributed by atoms with van der Waals surface area (Å²) in [4.78, 5) is 10.8. The summed E-state index contributed by atoms with van der Waals surface area (Å²) in [7, 11) is 1.62. The van der Waals surface area contributed by atoms with E-state index in [4.69, 9.17) is 17.3 Å². The minimum atomic E-state index is -1.06. The van der Waals surface area contributed by atoms with Crippen LogP contribution in [0.2, 0.25) is 0 Å². The monoisotopic (exact) mass is 205 g/mol. The topological polar surface area (TPSA) is 64.6 Å². The van der Waals surface area contributed by atoms with E-state index in [9.17, 15) is 4.79 Å². The Morgan fingerprint density at radius 1 is 1.46 bits per heavy atom. The van der Waals surface area contributed by atoms with Crippen LogP contribution in [0, 0.1) is 0 Å². The number of nitrogens with one attached hydrogen (secondary N) is 2. The highest BCUT2D eigenvalue weighted by atomic mass is 32.1. The number of thiocarbonyl (C=S) groups is 1. The van der Waals surface area contributed by atoms with Gasteiger partial charge < -0.3 is 10.4 Å². The highest BCUT2D eigenvalue weighted by molar-refractivity contribution is 7.80. The molecule has 0 aliphatic heterocycles. The van der Waals surface area contributed by atoms with E-state index in [0.717, 1.165) is 5.01 Å². The van der Waals surface area contributed by atoms with Gasteiger partial charge in [-0.1, -0.05) is 0 Å². The minimum Gasteiger partial charge on any atom is -0.464 e. The standard InChI is InChI=1S/C7H15N3O2S/c1-7(2,3)10(6(11)12)9-5(13)8-4/h1-4H3,(H,11,12)(H2,8,9,13). The maximum Gasteiger partial charge on any atom is 0.426 e. The zero-order valence-electron chi connectivity index (χ0n) is 8.21. The first-order chi connectivity index (χ1) is 5.79. The van der Waals surface area contributed by atoms with Crippen LogP contribution < -0.4 is 10.7 Å². The molecule has 13 heavy (non-hydrogen) atoms. The van der Waals surface area contributed by atoms with Gasteiger partial charge >= 0.3 is 6.09 Å². The van der Waals surface area contributed by atoms with Crippen molar-refractivity contribution in [3.8, 4) is 0 Å². The van der Waals surface area contributed by atoms with Crippen LogP contribution in [0.15, 0.2) is 0 Å². The van der Waals surface area contributed by atoms with E-state index in [1.54, 1.807) is 27.8 Å². The molecule has 0 saturated carbocycles. The minimum absolute atomic E-state index is 0.275. The molecule has 6 heteroatoms. The van der Waals surface area contributed by atoms with Crippen molar-refractivity contribution < 1.29 is 9.90 Å². The number of nitrogens with zero attached hydrogens (tertiary/aromatic N) is 1.